The second kappa shape index (κ2) is 7.67. The smallest absolute Gasteiger partial charge is 0.254 e. The maximum Gasteiger partial charge on any atom is 0.254 e. The van der Waals surface area contributed by atoms with E-state index in [2.05, 4.69) is 10.3 Å². The molecule has 0 aliphatic carbocycles. The zero-order valence-corrected chi connectivity index (χ0v) is 16.2. The number of carbonyl (C=O) groups excluding carboxylic acids is 1. The van der Waals surface area contributed by atoms with Gasteiger partial charge in [-0.2, -0.15) is 0 Å². The molecule has 31 heavy (non-hydrogen) atoms. The molecule has 0 radical (unpaired) electrons. The summed E-state index contributed by atoms with van der Waals surface area (Å²) in [6.45, 7) is 0. The van der Waals surface area contributed by atoms with Gasteiger partial charge in [0.05, 0.1) is 24.0 Å². The van der Waals surface area contributed by atoms with Crippen molar-refractivity contribution < 1.29 is 22.7 Å². The van der Waals surface area contributed by atoms with Crippen molar-refractivity contribution in [2.75, 3.05) is 5.32 Å². The van der Waals surface area contributed by atoms with Crippen LogP contribution in [0.2, 0.25) is 0 Å². The van der Waals surface area contributed by atoms with Gasteiger partial charge < -0.3 is 10.1 Å². The minimum absolute atomic E-state index is 0.0955. The van der Waals surface area contributed by atoms with E-state index in [1.807, 2.05) is 0 Å². The Morgan fingerprint density at radius 3 is 2.45 bits per heavy atom. The highest BCUT2D eigenvalue weighted by Crippen LogP contribution is 2.45. The summed E-state index contributed by atoms with van der Waals surface area (Å²) in [6.07, 6.45) is 3.12. The number of hydrogen-bond donors (Lipinski definition) is 1. The Balaban J connectivity index is 1.46. The van der Waals surface area contributed by atoms with E-state index in [9.17, 15) is 18.0 Å². The number of hydrogen-bond acceptors (Lipinski definition) is 3. The van der Waals surface area contributed by atoms with Crippen molar-refractivity contribution in [3.63, 3.8) is 0 Å². The molecule has 1 amide bonds. The molecule has 156 valence electrons. The average molecular weight is 422 g/mol. The lowest BCUT2D eigenvalue weighted by atomic mass is 9.87. The molecule has 5 rings (SSSR count). The van der Waals surface area contributed by atoms with E-state index >= 15 is 0 Å². The second-order valence-corrected chi connectivity index (χ2v) is 7.50. The van der Waals surface area contributed by atoms with Gasteiger partial charge in [0.2, 0.25) is 0 Å². The van der Waals surface area contributed by atoms with Gasteiger partial charge in [0.1, 0.15) is 17.5 Å². The van der Waals surface area contributed by atoms with E-state index in [-0.39, 0.29) is 28.5 Å². The van der Waals surface area contributed by atoms with Crippen LogP contribution in [0.5, 0.6) is 0 Å². The first-order chi connectivity index (χ1) is 15.0. The monoisotopic (exact) mass is 422 g/mol. The summed E-state index contributed by atoms with van der Waals surface area (Å²) in [7, 11) is 0. The highest BCUT2D eigenvalue weighted by atomic mass is 19.1. The molecule has 2 aliphatic rings. The van der Waals surface area contributed by atoms with Gasteiger partial charge >= 0.3 is 0 Å². The van der Waals surface area contributed by atoms with Crippen LogP contribution in [0, 0.1) is 17.5 Å². The first-order valence-electron chi connectivity index (χ1n) is 9.88. The number of anilines is 1. The normalized spacial score (nSPS) is 19.7. The molecule has 2 aromatic carbocycles. The Kier molecular flexibility index (Phi) is 4.82. The van der Waals surface area contributed by atoms with Crippen LogP contribution in [0.4, 0.5) is 18.9 Å². The molecule has 2 unspecified atom stereocenters. The molecule has 2 aliphatic heterocycles. The van der Waals surface area contributed by atoms with E-state index in [4.69, 9.17) is 4.74 Å². The van der Waals surface area contributed by atoms with E-state index in [1.165, 1.54) is 42.6 Å². The number of fused-ring (bicyclic) bond motifs is 2. The molecule has 0 saturated carbocycles. The molecule has 3 heterocycles. The number of ether oxygens (including phenoxy) is 1. The van der Waals surface area contributed by atoms with Crippen LogP contribution in [0.25, 0.3) is 16.7 Å². The van der Waals surface area contributed by atoms with Crippen LogP contribution in [-0.2, 0) is 9.53 Å². The summed E-state index contributed by atoms with van der Waals surface area (Å²) < 4.78 is 48.9. The summed E-state index contributed by atoms with van der Waals surface area (Å²) in [5, 5.41) is 2.67. The largest absolute Gasteiger partial charge is 0.365 e. The predicted molar refractivity (Wildman–Crippen MR) is 109 cm³/mol. The van der Waals surface area contributed by atoms with Gasteiger partial charge in [-0.1, -0.05) is 18.2 Å². The molecule has 0 spiro atoms. The van der Waals surface area contributed by atoms with E-state index < -0.39 is 29.5 Å². The average Bonchev–Trinajstić information content (AvgIpc) is 3.37. The minimum atomic E-state index is -0.665. The topological polar surface area (TPSA) is 51.2 Å². The highest BCUT2D eigenvalue weighted by Gasteiger charge is 2.44. The lowest BCUT2D eigenvalue weighted by molar-refractivity contribution is -0.113. The minimum Gasteiger partial charge on any atom is -0.365 e. The second-order valence-electron chi connectivity index (χ2n) is 7.50. The quantitative estimate of drug-likeness (QED) is 0.635. The Morgan fingerprint density at radius 2 is 1.68 bits per heavy atom. The summed E-state index contributed by atoms with van der Waals surface area (Å²) in [5.74, 6) is -2.20. The summed E-state index contributed by atoms with van der Waals surface area (Å²) >= 11 is 0. The van der Waals surface area contributed by atoms with Gasteiger partial charge in [0.25, 0.3) is 5.91 Å². The summed E-state index contributed by atoms with van der Waals surface area (Å²) in [6, 6.07) is 11.5. The molecular formula is C24H17F3N2O2. The number of nitrogens with one attached hydrogen (secondary N) is 1. The van der Waals surface area contributed by atoms with Crippen LogP contribution >= 0.6 is 0 Å². The molecule has 1 saturated heterocycles. The van der Waals surface area contributed by atoms with Gasteiger partial charge in [-0.25, -0.2) is 13.2 Å². The zero-order chi connectivity index (χ0) is 21.5. The highest BCUT2D eigenvalue weighted by molar-refractivity contribution is 6.11. The van der Waals surface area contributed by atoms with Crippen molar-refractivity contribution in [1.29, 1.82) is 0 Å². The molecule has 1 aromatic heterocycles. The molecule has 7 heteroatoms. The van der Waals surface area contributed by atoms with Crippen LogP contribution < -0.4 is 5.32 Å². The molecule has 1 fully saturated rings. The molecule has 4 nitrogen and oxygen atoms in total. The standard InChI is InChI=1S/C24H17F3N2O2/c25-17-4-2-1-3-14(17)15-6-5-13(11-18(15)26)29-24(30)23-21-8-7-20(31-21)22(23)16-9-10-28-12-19(16)27/h1-6,9-12,20-21H,7-8H2,(H,29,30). The predicted octanol–water partition coefficient (Wildman–Crippen LogP) is 5.12. The third kappa shape index (κ3) is 3.41. The van der Waals surface area contributed by atoms with Gasteiger partial charge in [0, 0.05) is 34.1 Å². The van der Waals surface area contributed by atoms with Crippen molar-refractivity contribution in [2.45, 2.75) is 25.0 Å². The van der Waals surface area contributed by atoms with Gasteiger partial charge in [-0.3, -0.25) is 9.78 Å². The lowest BCUT2D eigenvalue weighted by Crippen LogP contribution is -2.23. The first-order valence-corrected chi connectivity index (χ1v) is 9.88. The van der Waals surface area contributed by atoms with Crippen LogP contribution in [0.15, 0.2) is 66.5 Å². The van der Waals surface area contributed by atoms with Gasteiger partial charge in [-0.15, -0.1) is 0 Å². The fourth-order valence-corrected chi connectivity index (χ4v) is 4.28. The SMILES string of the molecule is O=C(Nc1ccc(-c2ccccc2F)c(F)c1)C1=C(c2ccncc2F)C2CCC1O2. The van der Waals surface area contributed by atoms with Crippen LogP contribution in [0.1, 0.15) is 18.4 Å². The molecule has 1 N–H and O–H groups in total. The van der Waals surface area contributed by atoms with E-state index in [0.717, 1.165) is 12.3 Å². The van der Waals surface area contributed by atoms with Crippen molar-refractivity contribution in [1.82, 2.24) is 4.98 Å². The number of rotatable bonds is 4. The fourth-order valence-electron chi connectivity index (χ4n) is 4.28. The number of nitrogens with zero attached hydrogens (tertiary/aromatic N) is 1. The number of aromatic nitrogens is 1. The summed E-state index contributed by atoms with van der Waals surface area (Å²) in [4.78, 5) is 16.8. The Labute approximate surface area is 176 Å². The maximum absolute atomic E-state index is 14.7. The Morgan fingerprint density at radius 1 is 0.903 bits per heavy atom. The van der Waals surface area contributed by atoms with Crippen molar-refractivity contribution in [3.8, 4) is 11.1 Å². The van der Waals surface area contributed by atoms with Crippen LogP contribution in [0.3, 0.4) is 0 Å². The van der Waals surface area contributed by atoms with Crippen molar-refractivity contribution in [3.05, 3.63) is 89.5 Å². The molecule has 2 bridgehead atoms. The third-order valence-electron chi connectivity index (χ3n) is 5.65. The Bertz CT molecular complexity index is 1220. The number of pyridine rings is 1. The maximum atomic E-state index is 14.7. The van der Waals surface area contributed by atoms with Gasteiger partial charge in [0.15, 0.2) is 0 Å². The molecular weight excluding hydrogens is 405 g/mol. The number of carbonyl (C=O) groups is 1. The third-order valence-corrected chi connectivity index (χ3v) is 5.65. The molecule has 2 atom stereocenters. The first kappa shape index (κ1) is 19.5. The number of amides is 1. The number of benzene rings is 2. The summed E-state index contributed by atoms with van der Waals surface area (Å²) in [5.41, 5.74) is 1.59. The van der Waals surface area contributed by atoms with Crippen LogP contribution in [-0.4, -0.2) is 23.1 Å². The zero-order valence-electron chi connectivity index (χ0n) is 16.2. The lowest BCUT2D eigenvalue weighted by Gasteiger charge is -2.17. The number of halogens is 3. The van der Waals surface area contributed by atoms with Crippen molar-refractivity contribution in [2.24, 2.45) is 0 Å². The fraction of sp³-hybridized carbons (Fsp3) is 0.167. The van der Waals surface area contributed by atoms with E-state index in [0.29, 0.717) is 24.0 Å². The molecule has 3 aromatic rings. The van der Waals surface area contributed by atoms with Crippen molar-refractivity contribution >= 4 is 17.2 Å². The van der Waals surface area contributed by atoms with Gasteiger partial charge in [-0.05, 0) is 43.2 Å². The van der Waals surface area contributed by atoms with E-state index in [1.54, 1.807) is 6.07 Å². The Hall–Kier alpha value is -3.45.